The van der Waals surface area contributed by atoms with Gasteiger partial charge in [0.25, 0.3) is 0 Å². The molecule has 0 amide bonds. The molecule has 1 aromatic heterocycles. The summed E-state index contributed by atoms with van der Waals surface area (Å²) >= 11 is 3.47. The summed E-state index contributed by atoms with van der Waals surface area (Å²) in [7, 11) is 0. The Kier molecular flexibility index (Phi) is 4.19. The van der Waals surface area contributed by atoms with Gasteiger partial charge in [-0.2, -0.15) is 0 Å². The van der Waals surface area contributed by atoms with Crippen LogP contribution in [0, 0.1) is 0 Å². The first-order chi connectivity index (χ1) is 8.61. The number of hydrogen-bond donors (Lipinski definition) is 2. The number of nitrogens with one attached hydrogen (secondary N) is 1. The molecule has 18 heavy (non-hydrogen) atoms. The summed E-state index contributed by atoms with van der Waals surface area (Å²) in [4.78, 5) is 7.61. The number of aromatic nitrogens is 2. The van der Waals surface area contributed by atoms with E-state index in [1.165, 1.54) is 5.56 Å². The average molecular weight is 309 g/mol. The van der Waals surface area contributed by atoms with Gasteiger partial charge in [0.15, 0.2) is 0 Å². The Morgan fingerprint density at radius 3 is 2.50 bits per heavy atom. The highest BCUT2D eigenvalue weighted by atomic mass is 79.9. The van der Waals surface area contributed by atoms with Gasteiger partial charge in [-0.05, 0) is 27.4 Å². The number of imidazole rings is 1. The van der Waals surface area contributed by atoms with Crippen molar-refractivity contribution in [3.63, 3.8) is 0 Å². The molecule has 2 aromatic rings. The molecular weight excluding hydrogens is 292 g/mol. The smallest absolute Gasteiger partial charge is 0.110 e. The first-order valence-electron chi connectivity index (χ1n) is 6.07. The molecule has 3 nitrogen and oxygen atoms in total. The number of hydrogen-bond acceptors (Lipinski definition) is 2. The summed E-state index contributed by atoms with van der Waals surface area (Å²) in [6.07, 6.45) is 0.544. The molecule has 0 aliphatic rings. The Morgan fingerprint density at radius 2 is 1.94 bits per heavy atom. The lowest BCUT2D eigenvalue weighted by Crippen LogP contribution is -1.92. The number of benzene rings is 1. The maximum absolute atomic E-state index is 8.91. The molecule has 0 radical (unpaired) electrons. The van der Waals surface area contributed by atoms with Crippen LogP contribution in [0.3, 0.4) is 0 Å². The van der Waals surface area contributed by atoms with E-state index < -0.39 is 0 Å². The van der Waals surface area contributed by atoms with Crippen molar-refractivity contribution in [3.8, 4) is 11.3 Å². The molecule has 2 N–H and O–H groups in total. The fourth-order valence-corrected chi connectivity index (χ4v) is 2.39. The molecule has 0 unspecified atom stereocenters. The second kappa shape index (κ2) is 5.67. The Hall–Kier alpha value is -1.13. The number of aliphatic hydroxyl groups is 1. The number of rotatable bonds is 4. The third-order valence-corrected chi connectivity index (χ3v) is 3.48. The van der Waals surface area contributed by atoms with Crippen LogP contribution in [0.1, 0.15) is 31.2 Å². The predicted molar refractivity (Wildman–Crippen MR) is 76.6 cm³/mol. The van der Waals surface area contributed by atoms with Crippen LogP contribution in [-0.2, 0) is 6.42 Å². The number of H-pyrrole nitrogens is 1. The van der Waals surface area contributed by atoms with E-state index in [4.69, 9.17) is 5.11 Å². The lowest BCUT2D eigenvalue weighted by atomic mass is 10.0. The van der Waals surface area contributed by atoms with Crippen molar-refractivity contribution in [2.24, 2.45) is 0 Å². The first-order valence-corrected chi connectivity index (χ1v) is 6.86. The monoisotopic (exact) mass is 308 g/mol. The molecule has 0 saturated carbocycles. The highest BCUT2D eigenvalue weighted by molar-refractivity contribution is 9.10. The molecular formula is C14H17BrN2O. The molecule has 1 heterocycles. The van der Waals surface area contributed by atoms with Crippen molar-refractivity contribution < 1.29 is 5.11 Å². The standard InChI is InChI=1S/C14H17BrN2O/c1-9(2)10-3-5-11(6-4-10)13-14(15)17-12(16-13)7-8-18/h3-6,9,18H,7-8H2,1-2H3,(H,16,17). The topological polar surface area (TPSA) is 48.9 Å². The van der Waals surface area contributed by atoms with Gasteiger partial charge in [0.1, 0.15) is 16.1 Å². The number of halogens is 1. The summed E-state index contributed by atoms with van der Waals surface area (Å²) in [6.45, 7) is 4.46. The highest BCUT2D eigenvalue weighted by Gasteiger charge is 2.10. The summed E-state index contributed by atoms with van der Waals surface area (Å²) in [5, 5.41) is 8.91. The third-order valence-electron chi connectivity index (χ3n) is 2.91. The Morgan fingerprint density at radius 1 is 1.28 bits per heavy atom. The van der Waals surface area contributed by atoms with Crippen LogP contribution in [0.2, 0.25) is 0 Å². The van der Waals surface area contributed by atoms with Gasteiger partial charge in [-0.3, -0.25) is 0 Å². The number of nitrogens with zero attached hydrogens (tertiary/aromatic N) is 1. The fourth-order valence-electron chi connectivity index (χ4n) is 1.84. The molecule has 0 aliphatic heterocycles. The van der Waals surface area contributed by atoms with E-state index in [1.807, 2.05) is 0 Å². The molecule has 0 aliphatic carbocycles. The lowest BCUT2D eigenvalue weighted by molar-refractivity contribution is 0.297. The van der Waals surface area contributed by atoms with Crippen LogP contribution in [0.5, 0.6) is 0 Å². The van der Waals surface area contributed by atoms with Crippen LogP contribution in [0.4, 0.5) is 0 Å². The zero-order chi connectivity index (χ0) is 13.1. The van der Waals surface area contributed by atoms with E-state index in [9.17, 15) is 0 Å². The zero-order valence-electron chi connectivity index (χ0n) is 10.6. The van der Waals surface area contributed by atoms with E-state index in [-0.39, 0.29) is 6.61 Å². The molecule has 0 saturated heterocycles. The molecule has 2 rings (SSSR count). The zero-order valence-corrected chi connectivity index (χ0v) is 12.2. The second-order valence-corrected chi connectivity index (χ2v) is 5.39. The van der Waals surface area contributed by atoms with Gasteiger partial charge >= 0.3 is 0 Å². The van der Waals surface area contributed by atoms with Crippen molar-refractivity contribution in [1.29, 1.82) is 0 Å². The van der Waals surface area contributed by atoms with Gasteiger partial charge < -0.3 is 10.1 Å². The normalized spacial score (nSPS) is 11.2. The molecule has 96 valence electrons. The van der Waals surface area contributed by atoms with Crippen molar-refractivity contribution in [1.82, 2.24) is 9.97 Å². The van der Waals surface area contributed by atoms with Crippen LogP contribution >= 0.6 is 15.9 Å². The SMILES string of the molecule is CC(C)c1ccc(-c2nc(CCO)[nH]c2Br)cc1. The molecule has 1 aromatic carbocycles. The summed E-state index contributed by atoms with van der Waals surface area (Å²) in [6, 6.07) is 8.43. The van der Waals surface area contributed by atoms with E-state index in [0.717, 1.165) is 21.7 Å². The molecule has 4 heteroatoms. The van der Waals surface area contributed by atoms with Gasteiger partial charge in [0, 0.05) is 12.0 Å². The van der Waals surface area contributed by atoms with Crippen LogP contribution in [0.15, 0.2) is 28.9 Å². The van der Waals surface area contributed by atoms with Crippen molar-refractivity contribution in [3.05, 3.63) is 40.3 Å². The first kappa shape index (κ1) is 13.3. The maximum atomic E-state index is 8.91. The minimum atomic E-state index is 0.103. The van der Waals surface area contributed by atoms with E-state index >= 15 is 0 Å². The third kappa shape index (κ3) is 2.82. The summed E-state index contributed by atoms with van der Waals surface area (Å²) < 4.78 is 0.864. The van der Waals surface area contributed by atoms with E-state index in [2.05, 4.69) is 64.0 Å². The summed E-state index contributed by atoms with van der Waals surface area (Å²) in [5.74, 6) is 1.33. The largest absolute Gasteiger partial charge is 0.396 e. The molecule has 0 fully saturated rings. The van der Waals surface area contributed by atoms with Crippen LogP contribution in [0.25, 0.3) is 11.3 Å². The van der Waals surface area contributed by atoms with Crippen molar-refractivity contribution in [2.45, 2.75) is 26.2 Å². The summed E-state index contributed by atoms with van der Waals surface area (Å²) in [5.41, 5.74) is 3.29. The van der Waals surface area contributed by atoms with E-state index in [1.54, 1.807) is 0 Å². The Balaban J connectivity index is 2.30. The van der Waals surface area contributed by atoms with E-state index in [0.29, 0.717) is 12.3 Å². The maximum Gasteiger partial charge on any atom is 0.110 e. The quantitative estimate of drug-likeness (QED) is 0.908. The second-order valence-electron chi connectivity index (χ2n) is 4.60. The fraction of sp³-hybridized carbons (Fsp3) is 0.357. The van der Waals surface area contributed by atoms with Crippen LogP contribution < -0.4 is 0 Å². The number of aromatic amines is 1. The van der Waals surface area contributed by atoms with Gasteiger partial charge in [-0.25, -0.2) is 4.98 Å². The molecule has 0 spiro atoms. The molecule has 0 bridgehead atoms. The predicted octanol–water partition coefficient (Wildman–Crippen LogP) is 3.50. The van der Waals surface area contributed by atoms with Gasteiger partial charge in [0.2, 0.25) is 0 Å². The van der Waals surface area contributed by atoms with Gasteiger partial charge in [-0.15, -0.1) is 0 Å². The van der Waals surface area contributed by atoms with Crippen molar-refractivity contribution in [2.75, 3.05) is 6.61 Å². The van der Waals surface area contributed by atoms with Crippen LogP contribution in [-0.4, -0.2) is 21.7 Å². The molecule has 0 atom stereocenters. The number of aliphatic hydroxyl groups excluding tert-OH is 1. The average Bonchev–Trinajstić information content (AvgIpc) is 2.71. The van der Waals surface area contributed by atoms with Gasteiger partial charge in [-0.1, -0.05) is 38.1 Å². The Bertz CT molecular complexity index is 517. The van der Waals surface area contributed by atoms with Gasteiger partial charge in [0.05, 0.1) is 6.61 Å². The highest BCUT2D eigenvalue weighted by Crippen LogP contribution is 2.27. The van der Waals surface area contributed by atoms with Crippen molar-refractivity contribution >= 4 is 15.9 Å². The minimum absolute atomic E-state index is 0.103. The Labute approximate surface area is 115 Å². The lowest BCUT2D eigenvalue weighted by Gasteiger charge is -2.05. The minimum Gasteiger partial charge on any atom is -0.396 e.